The Morgan fingerprint density at radius 1 is 1.57 bits per heavy atom. The number of non-ortho nitro benzene ring substituents is 1. The van der Waals surface area contributed by atoms with Gasteiger partial charge in [0.2, 0.25) is 5.91 Å². The third-order valence-corrected chi connectivity index (χ3v) is 1.65. The van der Waals surface area contributed by atoms with Gasteiger partial charge in [-0.1, -0.05) is 12.1 Å². The van der Waals surface area contributed by atoms with E-state index in [1.54, 1.807) is 6.07 Å². The molecule has 0 unspecified atom stereocenters. The second-order valence-electron chi connectivity index (χ2n) is 2.67. The number of amides is 1. The van der Waals surface area contributed by atoms with E-state index in [9.17, 15) is 14.9 Å². The van der Waals surface area contributed by atoms with Crippen molar-refractivity contribution >= 4 is 11.6 Å². The van der Waals surface area contributed by atoms with E-state index < -0.39 is 4.92 Å². The third kappa shape index (κ3) is 2.53. The van der Waals surface area contributed by atoms with E-state index >= 15 is 0 Å². The Balaban J connectivity index is 2.83. The SMILES string of the molecule is NNC(=O)Cc1cccc([N+](=O)[O-])c1. The first-order valence-corrected chi connectivity index (χ1v) is 3.86. The van der Waals surface area contributed by atoms with Crippen LogP contribution in [-0.4, -0.2) is 10.8 Å². The van der Waals surface area contributed by atoms with Crippen LogP contribution < -0.4 is 11.3 Å². The van der Waals surface area contributed by atoms with Crippen molar-refractivity contribution in [2.24, 2.45) is 5.84 Å². The van der Waals surface area contributed by atoms with E-state index in [1.165, 1.54) is 18.2 Å². The molecule has 1 rings (SSSR count). The first-order chi connectivity index (χ1) is 6.63. The first-order valence-electron chi connectivity index (χ1n) is 3.86. The molecule has 0 saturated heterocycles. The Hall–Kier alpha value is -1.95. The molecule has 0 fully saturated rings. The van der Waals surface area contributed by atoms with Gasteiger partial charge in [0.1, 0.15) is 0 Å². The van der Waals surface area contributed by atoms with E-state index in [4.69, 9.17) is 5.84 Å². The summed E-state index contributed by atoms with van der Waals surface area (Å²) in [5, 5.41) is 10.4. The largest absolute Gasteiger partial charge is 0.294 e. The summed E-state index contributed by atoms with van der Waals surface area (Å²) in [6, 6.07) is 5.86. The Labute approximate surface area is 79.8 Å². The monoisotopic (exact) mass is 195 g/mol. The summed E-state index contributed by atoms with van der Waals surface area (Å²) in [7, 11) is 0. The van der Waals surface area contributed by atoms with E-state index in [-0.39, 0.29) is 18.0 Å². The second kappa shape index (κ2) is 4.33. The molecule has 0 atom stereocenters. The van der Waals surface area contributed by atoms with Crippen LogP contribution in [0.2, 0.25) is 0 Å². The van der Waals surface area contributed by atoms with Crippen LogP contribution in [0.1, 0.15) is 5.56 Å². The minimum Gasteiger partial charge on any atom is -0.294 e. The van der Waals surface area contributed by atoms with Gasteiger partial charge in [0.05, 0.1) is 11.3 Å². The van der Waals surface area contributed by atoms with Crippen molar-refractivity contribution in [2.75, 3.05) is 0 Å². The van der Waals surface area contributed by atoms with Crippen LogP contribution in [0.15, 0.2) is 24.3 Å². The number of carbonyl (C=O) groups is 1. The highest BCUT2D eigenvalue weighted by molar-refractivity contribution is 5.78. The van der Waals surface area contributed by atoms with Gasteiger partial charge in [-0.05, 0) is 5.56 Å². The average Bonchev–Trinajstić information content (AvgIpc) is 2.18. The molecule has 0 aliphatic heterocycles. The Bertz CT molecular complexity index is 365. The van der Waals surface area contributed by atoms with Gasteiger partial charge in [-0.3, -0.25) is 20.3 Å². The van der Waals surface area contributed by atoms with Gasteiger partial charge in [0.25, 0.3) is 5.69 Å². The fraction of sp³-hybridized carbons (Fsp3) is 0.125. The minimum atomic E-state index is -0.510. The van der Waals surface area contributed by atoms with Crippen molar-refractivity contribution in [2.45, 2.75) is 6.42 Å². The summed E-state index contributed by atoms with van der Waals surface area (Å²) in [5.74, 6) is 4.50. The van der Waals surface area contributed by atoms with E-state index in [0.717, 1.165) is 0 Å². The van der Waals surface area contributed by atoms with Crippen molar-refractivity contribution in [3.8, 4) is 0 Å². The molecule has 0 spiro atoms. The molecule has 0 heterocycles. The van der Waals surface area contributed by atoms with Gasteiger partial charge >= 0.3 is 0 Å². The molecular weight excluding hydrogens is 186 g/mol. The molecule has 0 saturated carbocycles. The highest BCUT2D eigenvalue weighted by Gasteiger charge is 2.07. The molecule has 3 N–H and O–H groups in total. The molecule has 0 bridgehead atoms. The first kappa shape index (κ1) is 10.1. The lowest BCUT2D eigenvalue weighted by Crippen LogP contribution is -2.31. The second-order valence-corrected chi connectivity index (χ2v) is 2.67. The van der Waals surface area contributed by atoms with Crippen molar-refractivity contribution in [3.05, 3.63) is 39.9 Å². The fourth-order valence-corrected chi connectivity index (χ4v) is 1.02. The van der Waals surface area contributed by atoms with Crippen LogP contribution in [-0.2, 0) is 11.2 Å². The molecule has 0 radical (unpaired) electrons. The zero-order valence-electron chi connectivity index (χ0n) is 7.27. The van der Waals surface area contributed by atoms with Crippen LogP contribution in [0, 0.1) is 10.1 Å². The lowest BCUT2D eigenvalue weighted by atomic mass is 10.1. The number of nitro benzene ring substituents is 1. The van der Waals surface area contributed by atoms with Gasteiger partial charge in [0, 0.05) is 12.1 Å². The molecule has 6 heteroatoms. The molecule has 1 aromatic carbocycles. The smallest absolute Gasteiger partial charge is 0.269 e. The predicted molar refractivity (Wildman–Crippen MR) is 49.1 cm³/mol. The molecule has 0 aromatic heterocycles. The topological polar surface area (TPSA) is 98.3 Å². The van der Waals surface area contributed by atoms with Crippen LogP contribution in [0.25, 0.3) is 0 Å². The number of nitrogens with zero attached hydrogens (tertiary/aromatic N) is 1. The Kier molecular flexibility index (Phi) is 3.14. The van der Waals surface area contributed by atoms with Crippen LogP contribution >= 0.6 is 0 Å². The van der Waals surface area contributed by atoms with E-state index in [1.807, 2.05) is 5.43 Å². The van der Waals surface area contributed by atoms with Crippen molar-refractivity contribution < 1.29 is 9.72 Å². The maximum atomic E-state index is 10.9. The number of rotatable bonds is 3. The molecule has 74 valence electrons. The standard InChI is InChI=1S/C8H9N3O3/c9-10-8(12)5-6-2-1-3-7(4-6)11(13)14/h1-4H,5,9H2,(H,10,12). The third-order valence-electron chi connectivity index (χ3n) is 1.65. The Morgan fingerprint density at radius 3 is 2.86 bits per heavy atom. The van der Waals surface area contributed by atoms with E-state index in [0.29, 0.717) is 5.56 Å². The minimum absolute atomic E-state index is 0.0349. The summed E-state index contributed by atoms with van der Waals surface area (Å²) in [4.78, 5) is 20.7. The average molecular weight is 195 g/mol. The molecule has 14 heavy (non-hydrogen) atoms. The maximum Gasteiger partial charge on any atom is 0.269 e. The van der Waals surface area contributed by atoms with Gasteiger partial charge in [-0.2, -0.15) is 0 Å². The maximum absolute atomic E-state index is 10.9. The molecule has 1 amide bonds. The number of carbonyl (C=O) groups excluding carboxylic acids is 1. The predicted octanol–water partition coefficient (Wildman–Crippen LogP) is 0.127. The van der Waals surface area contributed by atoms with Gasteiger partial charge in [-0.25, -0.2) is 5.84 Å². The summed E-state index contributed by atoms with van der Waals surface area (Å²) in [6.07, 6.45) is 0.0399. The van der Waals surface area contributed by atoms with Gasteiger partial charge in [-0.15, -0.1) is 0 Å². The summed E-state index contributed by atoms with van der Waals surface area (Å²) >= 11 is 0. The van der Waals surface area contributed by atoms with Gasteiger partial charge in [0.15, 0.2) is 0 Å². The number of hydrogen-bond acceptors (Lipinski definition) is 4. The normalized spacial score (nSPS) is 9.50. The number of nitrogens with two attached hydrogens (primary N) is 1. The number of hydrazine groups is 1. The molecule has 0 aliphatic rings. The van der Waals surface area contributed by atoms with Crippen LogP contribution in [0.5, 0.6) is 0 Å². The van der Waals surface area contributed by atoms with Crippen molar-refractivity contribution in [1.82, 2.24) is 5.43 Å². The van der Waals surface area contributed by atoms with Crippen LogP contribution in [0.3, 0.4) is 0 Å². The van der Waals surface area contributed by atoms with Crippen molar-refractivity contribution in [3.63, 3.8) is 0 Å². The van der Waals surface area contributed by atoms with Gasteiger partial charge < -0.3 is 0 Å². The summed E-state index contributed by atoms with van der Waals surface area (Å²) < 4.78 is 0. The highest BCUT2D eigenvalue weighted by atomic mass is 16.6. The summed E-state index contributed by atoms with van der Waals surface area (Å²) in [5.41, 5.74) is 2.48. The highest BCUT2D eigenvalue weighted by Crippen LogP contribution is 2.13. The zero-order chi connectivity index (χ0) is 10.6. The van der Waals surface area contributed by atoms with Crippen molar-refractivity contribution in [1.29, 1.82) is 0 Å². The van der Waals surface area contributed by atoms with Crippen LogP contribution in [0.4, 0.5) is 5.69 Å². The van der Waals surface area contributed by atoms with E-state index in [2.05, 4.69) is 0 Å². The number of nitrogens with one attached hydrogen (secondary N) is 1. The lowest BCUT2D eigenvalue weighted by Gasteiger charge is -1.99. The number of nitro groups is 1. The quantitative estimate of drug-likeness (QED) is 0.310. The fourth-order valence-electron chi connectivity index (χ4n) is 1.02. The number of benzene rings is 1. The Morgan fingerprint density at radius 2 is 2.29 bits per heavy atom. The molecule has 6 nitrogen and oxygen atoms in total. The molecular formula is C8H9N3O3. The number of hydrogen-bond donors (Lipinski definition) is 2. The molecule has 1 aromatic rings. The lowest BCUT2D eigenvalue weighted by molar-refractivity contribution is -0.384. The molecule has 0 aliphatic carbocycles. The zero-order valence-corrected chi connectivity index (χ0v) is 7.27. The summed E-state index contributed by atoms with van der Waals surface area (Å²) in [6.45, 7) is 0.